The molecule has 0 aromatic carbocycles. The van der Waals surface area contributed by atoms with Gasteiger partial charge in [-0.2, -0.15) is 0 Å². The molecule has 0 heterocycles. The molecule has 55 heavy (non-hydrogen) atoms. The van der Waals surface area contributed by atoms with Crippen molar-refractivity contribution in [1.82, 2.24) is 0 Å². The largest absolute Gasteiger partial charge is 0.462 e. The molecule has 1 atom stereocenters. The van der Waals surface area contributed by atoms with Gasteiger partial charge in [-0.15, -0.1) is 0 Å². The fraction of sp³-hybridized carbons (Fsp3) is 0.816. The fourth-order valence-corrected chi connectivity index (χ4v) is 6.57. The molecule has 1 unspecified atom stereocenters. The molecule has 6 heteroatoms. The first-order valence-electron chi connectivity index (χ1n) is 23.5. The van der Waals surface area contributed by atoms with Gasteiger partial charge in [0.2, 0.25) is 0 Å². The van der Waals surface area contributed by atoms with Gasteiger partial charge in [-0.05, 0) is 57.8 Å². The van der Waals surface area contributed by atoms with Crippen molar-refractivity contribution in [2.75, 3.05) is 13.2 Å². The molecule has 0 bridgehead atoms. The molecule has 0 aliphatic rings. The lowest BCUT2D eigenvalue weighted by molar-refractivity contribution is -0.167. The minimum Gasteiger partial charge on any atom is -0.462 e. The van der Waals surface area contributed by atoms with Crippen molar-refractivity contribution in [1.29, 1.82) is 0 Å². The first-order chi connectivity index (χ1) is 27.0. The van der Waals surface area contributed by atoms with Crippen LogP contribution in [0.1, 0.15) is 239 Å². The maximum absolute atomic E-state index is 12.6. The molecule has 6 nitrogen and oxygen atoms in total. The summed E-state index contributed by atoms with van der Waals surface area (Å²) in [5.41, 5.74) is 0. The number of carbonyl (C=O) groups is 3. The molecule has 0 N–H and O–H groups in total. The van der Waals surface area contributed by atoms with Crippen molar-refractivity contribution < 1.29 is 28.6 Å². The van der Waals surface area contributed by atoms with Crippen LogP contribution in [0.15, 0.2) is 36.5 Å². The quantitative estimate of drug-likeness (QED) is 0.0266. The van der Waals surface area contributed by atoms with E-state index in [9.17, 15) is 14.4 Å². The lowest BCUT2D eigenvalue weighted by Gasteiger charge is -2.18. The third kappa shape index (κ3) is 42.6. The van der Waals surface area contributed by atoms with Crippen LogP contribution >= 0.6 is 0 Å². The Labute approximate surface area is 340 Å². The molecular weight excluding hydrogens is 685 g/mol. The molecule has 0 fully saturated rings. The van der Waals surface area contributed by atoms with Crippen molar-refractivity contribution in [3.63, 3.8) is 0 Å². The maximum Gasteiger partial charge on any atom is 0.306 e. The predicted molar refractivity (Wildman–Crippen MR) is 233 cm³/mol. The number of rotatable bonds is 42. The summed E-state index contributed by atoms with van der Waals surface area (Å²) in [6.45, 7) is 6.53. The summed E-state index contributed by atoms with van der Waals surface area (Å²) in [4.78, 5) is 37.4. The number of ether oxygens (including phenoxy) is 3. The van der Waals surface area contributed by atoms with Crippen molar-refractivity contribution in [2.24, 2.45) is 0 Å². The second-order valence-corrected chi connectivity index (χ2v) is 15.7. The van der Waals surface area contributed by atoms with Gasteiger partial charge in [-0.1, -0.05) is 198 Å². The Hall–Kier alpha value is -2.37. The molecule has 0 saturated heterocycles. The normalized spacial score (nSPS) is 12.3. The van der Waals surface area contributed by atoms with E-state index in [0.29, 0.717) is 19.3 Å². The first-order valence-corrected chi connectivity index (χ1v) is 23.5. The zero-order valence-electron chi connectivity index (χ0n) is 36.4. The summed E-state index contributed by atoms with van der Waals surface area (Å²) in [5, 5.41) is 0. The van der Waals surface area contributed by atoms with Gasteiger partial charge < -0.3 is 14.2 Å². The Balaban J connectivity index is 4.10. The average molecular weight is 773 g/mol. The first kappa shape index (κ1) is 52.6. The van der Waals surface area contributed by atoms with E-state index in [-0.39, 0.29) is 31.1 Å². The standard InChI is InChI=1S/C49H88O6/c1-4-7-10-13-16-18-19-20-21-22-23-24-25-26-27-28-29-30-31-32-34-36-39-42-48(51)54-45-46(44-53-47(50)41-38-35-15-12-9-6-3)55-49(52)43-40-37-33-17-14-11-8-5-2/h19-20,22-23,25-26,46H,4-18,21,24,27-45H2,1-3H3/b20-19-,23-22-,26-25-. The molecule has 0 aliphatic carbocycles. The average Bonchev–Trinajstić information content (AvgIpc) is 3.18. The van der Waals surface area contributed by atoms with E-state index in [2.05, 4.69) is 57.2 Å². The van der Waals surface area contributed by atoms with E-state index >= 15 is 0 Å². The molecule has 0 aliphatic heterocycles. The van der Waals surface area contributed by atoms with E-state index in [4.69, 9.17) is 14.2 Å². The number of esters is 3. The summed E-state index contributed by atoms with van der Waals surface area (Å²) >= 11 is 0. The Bertz CT molecular complexity index is 938. The van der Waals surface area contributed by atoms with Gasteiger partial charge in [-0.3, -0.25) is 14.4 Å². The fourth-order valence-electron chi connectivity index (χ4n) is 6.57. The van der Waals surface area contributed by atoms with Crippen LogP contribution < -0.4 is 0 Å². The highest BCUT2D eigenvalue weighted by Crippen LogP contribution is 2.14. The van der Waals surface area contributed by atoms with Crippen LogP contribution in [-0.2, 0) is 28.6 Å². The van der Waals surface area contributed by atoms with Gasteiger partial charge in [0, 0.05) is 19.3 Å². The van der Waals surface area contributed by atoms with Crippen LogP contribution in [0.3, 0.4) is 0 Å². The zero-order valence-corrected chi connectivity index (χ0v) is 36.4. The number of allylic oxidation sites excluding steroid dienone is 6. The van der Waals surface area contributed by atoms with Crippen molar-refractivity contribution in [2.45, 2.75) is 245 Å². The lowest BCUT2D eigenvalue weighted by atomic mass is 10.1. The van der Waals surface area contributed by atoms with Gasteiger partial charge in [0.1, 0.15) is 13.2 Å². The number of hydrogen-bond donors (Lipinski definition) is 0. The van der Waals surface area contributed by atoms with Gasteiger partial charge in [-0.25, -0.2) is 0 Å². The second kappa shape index (κ2) is 44.3. The van der Waals surface area contributed by atoms with Crippen molar-refractivity contribution >= 4 is 17.9 Å². The highest BCUT2D eigenvalue weighted by Gasteiger charge is 2.19. The molecule has 0 amide bonds. The summed E-state index contributed by atoms with van der Waals surface area (Å²) in [6.07, 6.45) is 50.2. The molecule has 0 aromatic heterocycles. The van der Waals surface area contributed by atoms with Crippen LogP contribution in [-0.4, -0.2) is 37.2 Å². The van der Waals surface area contributed by atoms with Crippen LogP contribution in [0.5, 0.6) is 0 Å². The lowest BCUT2D eigenvalue weighted by Crippen LogP contribution is -2.30. The van der Waals surface area contributed by atoms with Gasteiger partial charge in [0.15, 0.2) is 6.10 Å². The van der Waals surface area contributed by atoms with E-state index in [1.807, 2.05) is 0 Å². The van der Waals surface area contributed by atoms with Gasteiger partial charge >= 0.3 is 17.9 Å². The smallest absolute Gasteiger partial charge is 0.306 e. The SMILES string of the molecule is CCCCCCC/C=C\C/C=C\C/C=C\CCCCCCCCCCC(=O)OCC(COC(=O)CCCCCCCC)OC(=O)CCCCCCCCCC. The van der Waals surface area contributed by atoms with E-state index in [1.54, 1.807) is 0 Å². The minimum absolute atomic E-state index is 0.0732. The molecule has 0 saturated carbocycles. The molecule has 0 spiro atoms. The zero-order chi connectivity index (χ0) is 40.1. The summed E-state index contributed by atoms with van der Waals surface area (Å²) in [5.74, 6) is -0.893. The number of unbranched alkanes of at least 4 members (excludes halogenated alkanes) is 25. The maximum atomic E-state index is 12.6. The Morgan fingerprint density at radius 3 is 1.02 bits per heavy atom. The summed E-state index contributed by atoms with van der Waals surface area (Å²) < 4.78 is 16.6. The number of hydrogen-bond acceptors (Lipinski definition) is 6. The predicted octanol–water partition coefficient (Wildman–Crippen LogP) is 15.0. The Morgan fingerprint density at radius 1 is 0.364 bits per heavy atom. The highest BCUT2D eigenvalue weighted by molar-refractivity contribution is 5.71. The number of carbonyl (C=O) groups excluding carboxylic acids is 3. The van der Waals surface area contributed by atoms with Crippen LogP contribution in [0.4, 0.5) is 0 Å². The van der Waals surface area contributed by atoms with Crippen molar-refractivity contribution in [3.8, 4) is 0 Å². The molecule has 0 rings (SSSR count). The second-order valence-electron chi connectivity index (χ2n) is 15.7. The highest BCUT2D eigenvalue weighted by atomic mass is 16.6. The molecular formula is C49H88O6. The molecule has 320 valence electrons. The summed E-state index contributed by atoms with van der Waals surface area (Å²) in [7, 11) is 0. The van der Waals surface area contributed by atoms with Crippen LogP contribution in [0, 0.1) is 0 Å². The van der Waals surface area contributed by atoms with E-state index < -0.39 is 6.10 Å². The van der Waals surface area contributed by atoms with Crippen LogP contribution in [0.2, 0.25) is 0 Å². The monoisotopic (exact) mass is 773 g/mol. The van der Waals surface area contributed by atoms with E-state index in [1.165, 1.54) is 122 Å². The molecule has 0 radical (unpaired) electrons. The third-order valence-corrected chi connectivity index (χ3v) is 10.1. The van der Waals surface area contributed by atoms with Gasteiger partial charge in [0.25, 0.3) is 0 Å². The van der Waals surface area contributed by atoms with E-state index in [0.717, 1.165) is 77.0 Å². The topological polar surface area (TPSA) is 78.9 Å². The molecule has 0 aromatic rings. The summed E-state index contributed by atoms with van der Waals surface area (Å²) in [6, 6.07) is 0. The Morgan fingerprint density at radius 2 is 0.655 bits per heavy atom. The van der Waals surface area contributed by atoms with Crippen molar-refractivity contribution in [3.05, 3.63) is 36.5 Å². The third-order valence-electron chi connectivity index (χ3n) is 10.1. The van der Waals surface area contributed by atoms with Crippen LogP contribution in [0.25, 0.3) is 0 Å². The Kier molecular flexibility index (Phi) is 42.4. The minimum atomic E-state index is -0.765. The van der Waals surface area contributed by atoms with Gasteiger partial charge in [0.05, 0.1) is 0 Å².